The van der Waals surface area contributed by atoms with E-state index in [1.54, 1.807) is 12.2 Å². The first-order chi connectivity index (χ1) is 11.0. The highest BCUT2D eigenvalue weighted by Gasteiger charge is 2.30. The van der Waals surface area contributed by atoms with Crippen molar-refractivity contribution in [1.82, 2.24) is 0 Å². The van der Waals surface area contributed by atoms with Crippen LogP contribution in [0.5, 0.6) is 0 Å². The van der Waals surface area contributed by atoms with Crippen molar-refractivity contribution in [2.24, 2.45) is 0 Å². The van der Waals surface area contributed by atoms with Gasteiger partial charge < -0.3 is 0 Å². The molecule has 2 aromatic rings. The van der Waals surface area contributed by atoms with Gasteiger partial charge in [0.2, 0.25) is 0 Å². The Balaban J connectivity index is 2.01. The number of Topliss-reactive ketones (excluding diaryl/α,β-unsaturated/α-hetero) is 1. The lowest BCUT2D eigenvalue weighted by Crippen LogP contribution is -2.28. The Kier molecular flexibility index (Phi) is 4.26. The summed E-state index contributed by atoms with van der Waals surface area (Å²) >= 11 is 0. The van der Waals surface area contributed by atoms with Crippen LogP contribution in [0.2, 0.25) is 0 Å². The Morgan fingerprint density at radius 3 is 1.48 bits per heavy atom. The van der Waals surface area contributed by atoms with Crippen molar-refractivity contribution in [1.29, 1.82) is 0 Å². The van der Waals surface area contributed by atoms with E-state index in [9.17, 15) is 13.2 Å². The number of hydrogen-bond acceptors (Lipinski definition) is 3. The van der Waals surface area contributed by atoms with E-state index in [-0.39, 0.29) is 17.3 Å². The molecule has 0 radical (unpaired) electrons. The summed E-state index contributed by atoms with van der Waals surface area (Å²) in [7, 11) is -3.31. The number of hydrogen-bond donors (Lipinski definition) is 0. The van der Waals surface area contributed by atoms with Crippen LogP contribution in [0.1, 0.15) is 11.1 Å². The summed E-state index contributed by atoms with van der Waals surface area (Å²) in [6.07, 6.45) is 3.33. The highest BCUT2D eigenvalue weighted by molar-refractivity contribution is 7.92. The Labute approximate surface area is 135 Å². The largest absolute Gasteiger partial charge is 0.289 e. The van der Waals surface area contributed by atoms with Crippen LogP contribution < -0.4 is 0 Å². The monoisotopic (exact) mass is 324 g/mol. The Morgan fingerprint density at radius 1 is 0.696 bits per heavy atom. The van der Waals surface area contributed by atoms with Gasteiger partial charge in [-0.2, -0.15) is 0 Å². The fourth-order valence-corrected chi connectivity index (χ4v) is 4.06. The molecule has 1 aliphatic rings. The number of carbonyl (C=O) groups excluding carboxylic acids is 1. The first kappa shape index (κ1) is 15.4. The van der Waals surface area contributed by atoms with Gasteiger partial charge >= 0.3 is 0 Å². The van der Waals surface area contributed by atoms with Crippen LogP contribution in [-0.4, -0.2) is 25.7 Å². The summed E-state index contributed by atoms with van der Waals surface area (Å²) in [5, 5.41) is 0. The van der Waals surface area contributed by atoms with Gasteiger partial charge in [-0.05, 0) is 23.3 Å². The third-order valence-corrected chi connectivity index (χ3v) is 5.12. The molecule has 3 nitrogen and oxygen atoms in total. The minimum atomic E-state index is -3.31. The smallest absolute Gasteiger partial charge is 0.187 e. The third kappa shape index (κ3) is 3.85. The van der Waals surface area contributed by atoms with E-state index in [2.05, 4.69) is 0 Å². The molecular weight excluding hydrogens is 308 g/mol. The lowest BCUT2D eigenvalue weighted by molar-refractivity contribution is -0.112. The standard InChI is InChI=1S/C19H16O3S/c20-19-17(11-15-7-3-1-4-8-15)13-23(21,22)14-18(19)12-16-9-5-2-6-10-16/h1-12H,13-14H2. The second-order valence-electron chi connectivity index (χ2n) is 5.52. The number of rotatable bonds is 2. The average Bonchev–Trinajstić information content (AvgIpc) is 2.53. The molecule has 1 fully saturated rings. The predicted octanol–water partition coefficient (Wildman–Crippen LogP) is 3.15. The average molecular weight is 324 g/mol. The molecule has 0 aromatic heterocycles. The fraction of sp³-hybridized carbons (Fsp3) is 0.105. The molecule has 0 amide bonds. The van der Waals surface area contributed by atoms with Crippen LogP contribution in [0.15, 0.2) is 71.8 Å². The van der Waals surface area contributed by atoms with Gasteiger partial charge in [-0.3, -0.25) is 4.79 Å². The first-order valence-electron chi connectivity index (χ1n) is 7.30. The van der Waals surface area contributed by atoms with E-state index in [0.29, 0.717) is 11.1 Å². The maximum atomic E-state index is 12.6. The summed E-state index contributed by atoms with van der Waals surface area (Å²) in [6.45, 7) is 0. The first-order valence-corrected chi connectivity index (χ1v) is 9.12. The van der Waals surface area contributed by atoms with E-state index in [1.807, 2.05) is 60.7 Å². The summed E-state index contributed by atoms with van der Waals surface area (Å²) in [5.41, 5.74) is 2.30. The summed E-state index contributed by atoms with van der Waals surface area (Å²) < 4.78 is 24.3. The van der Waals surface area contributed by atoms with Gasteiger partial charge in [0.25, 0.3) is 0 Å². The molecule has 116 valence electrons. The van der Waals surface area contributed by atoms with E-state index in [0.717, 1.165) is 11.1 Å². The summed E-state index contributed by atoms with van der Waals surface area (Å²) in [5.74, 6) is -0.591. The zero-order valence-corrected chi connectivity index (χ0v) is 13.3. The molecule has 0 N–H and O–H groups in total. The van der Waals surface area contributed by atoms with Crippen molar-refractivity contribution in [3.05, 3.63) is 82.9 Å². The lowest BCUT2D eigenvalue weighted by Gasteiger charge is -2.17. The Morgan fingerprint density at radius 2 is 1.09 bits per heavy atom. The second kappa shape index (κ2) is 6.34. The van der Waals surface area contributed by atoms with Crippen LogP contribution in [0.4, 0.5) is 0 Å². The third-order valence-electron chi connectivity index (χ3n) is 3.62. The maximum absolute atomic E-state index is 12.6. The quantitative estimate of drug-likeness (QED) is 0.797. The number of carbonyl (C=O) groups is 1. The highest BCUT2D eigenvalue weighted by atomic mass is 32.2. The molecule has 0 saturated carbocycles. The van der Waals surface area contributed by atoms with Crippen LogP contribution in [0.3, 0.4) is 0 Å². The van der Waals surface area contributed by atoms with Crippen LogP contribution in [0, 0.1) is 0 Å². The number of sulfone groups is 1. The fourth-order valence-electron chi connectivity index (χ4n) is 2.58. The molecule has 0 bridgehead atoms. The SMILES string of the molecule is O=C1C(=Cc2ccccc2)CS(=O)(=O)CC1=Cc1ccccc1. The van der Waals surface area contributed by atoms with Crippen molar-refractivity contribution >= 4 is 27.8 Å². The van der Waals surface area contributed by atoms with Crippen LogP contribution in [-0.2, 0) is 14.6 Å². The van der Waals surface area contributed by atoms with Gasteiger partial charge in [-0.15, -0.1) is 0 Å². The van der Waals surface area contributed by atoms with Crippen molar-refractivity contribution in [2.45, 2.75) is 0 Å². The summed E-state index contributed by atoms with van der Waals surface area (Å²) in [6, 6.07) is 18.6. The zero-order valence-electron chi connectivity index (χ0n) is 12.5. The van der Waals surface area contributed by atoms with E-state index < -0.39 is 9.84 Å². The van der Waals surface area contributed by atoms with Crippen molar-refractivity contribution in [3.63, 3.8) is 0 Å². The molecule has 0 unspecified atom stereocenters. The molecule has 1 saturated heterocycles. The summed E-state index contributed by atoms with van der Waals surface area (Å²) in [4.78, 5) is 12.6. The molecule has 3 rings (SSSR count). The zero-order chi connectivity index (χ0) is 16.3. The van der Waals surface area contributed by atoms with Crippen LogP contribution >= 0.6 is 0 Å². The number of ketones is 1. The molecule has 2 aromatic carbocycles. The Hall–Kier alpha value is -2.46. The minimum absolute atomic E-state index is 0.187. The van der Waals surface area contributed by atoms with Gasteiger partial charge in [0.1, 0.15) is 0 Å². The van der Waals surface area contributed by atoms with Gasteiger partial charge in [0.05, 0.1) is 11.5 Å². The molecule has 4 heteroatoms. The maximum Gasteiger partial charge on any atom is 0.187 e. The normalized spacial score (nSPS) is 20.8. The highest BCUT2D eigenvalue weighted by Crippen LogP contribution is 2.23. The molecule has 23 heavy (non-hydrogen) atoms. The molecule has 0 spiro atoms. The van der Waals surface area contributed by atoms with Crippen molar-refractivity contribution in [2.75, 3.05) is 11.5 Å². The predicted molar refractivity (Wildman–Crippen MR) is 92.5 cm³/mol. The van der Waals surface area contributed by atoms with E-state index in [1.165, 1.54) is 0 Å². The lowest BCUT2D eigenvalue weighted by atomic mass is 10.0. The number of benzene rings is 2. The van der Waals surface area contributed by atoms with Gasteiger partial charge in [0.15, 0.2) is 15.6 Å². The van der Waals surface area contributed by atoms with Crippen LogP contribution in [0.25, 0.3) is 12.2 Å². The van der Waals surface area contributed by atoms with E-state index in [4.69, 9.17) is 0 Å². The molecule has 0 atom stereocenters. The van der Waals surface area contributed by atoms with Gasteiger partial charge in [-0.25, -0.2) is 8.42 Å². The van der Waals surface area contributed by atoms with Gasteiger partial charge in [0, 0.05) is 11.1 Å². The molecule has 0 aliphatic carbocycles. The van der Waals surface area contributed by atoms with E-state index >= 15 is 0 Å². The molecular formula is C19H16O3S. The molecule has 1 heterocycles. The topological polar surface area (TPSA) is 51.2 Å². The molecule has 1 aliphatic heterocycles. The Bertz CT molecular complexity index is 809. The van der Waals surface area contributed by atoms with Crippen molar-refractivity contribution < 1.29 is 13.2 Å². The second-order valence-corrected chi connectivity index (χ2v) is 7.59. The van der Waals surface area contributed by atoms with Gasteiger partial charge in [-0.1, -0.05) is 60.7 Å². The minimum Gasteiger partial charge on any atom is -0.289 e. The van der Waals surface area contributed by atoms with Crippen molar-refractivity contribution in [3.8, 4) is 0 Å².